The van der Waals surface area contributed by atoms with Gasteiger partial charge in [0.1, 0.15) is 5.75 Å². The van der Waals surface area contributed by atoms with E-state index in [0.29, 0.717) is 24.9 Å². The first-order chi connectivity index (χ1) is 9.53. The minimum atomic E-state index is 0.403. The van der Waals surface area contributed by atoms with Crippen molar-refractivity contribution in [2.24, 2.45) is 17.4 Å². The van der Waals surface area contributed by atoms with Crippen LogP contribution in [0.1, 0.15) is 49.3 Å². The predicted molar refractivity (Wildman–Crippen MR) is 86.3 cm³/mol. The fourth-order valence-corrected chi connectivity index (χ4v) is 2.63. The summed E-state index contributed by atoms with van der Waals surface area (Å²) in [7, 11) is 0. The van der Waals surface area contributed by atoms with Crippen LogP contribution in [0, 0.1) is 19.8 Å². The van der Waals surface area contributed by atoms with Gasteiger partial charge in [0.15, 0.2) is 0 Å². The van der Waals surface area contributed by atoms with Crippen molar-refractivity contribution in [3.63, 3.8) is 0 Å². The predicted octanol–water partition coefficient (Wildman–Crippen LogP) is 3.12. The van der Waals surface area contributed by atoms with E-state index in [1.165, 1.54) is 16.7 Å². The molecule has 0 aliphatic carbocycles. The smallest absolute Gasteiger partial charge is 0.122 e. The van der Waals surface area contributed by atoms with Gasteiger partial charge in [-0.05, 0) is 74.4 Å². The van der Waals surface area contributed by atoms with Crippen molar-refractivity contribution in [1.82, 2.24) is 0 Å². The van der Waals surface area contributed by atoms with Gasteiger partial charge in [0, 0.05) is 0 Å². The van der Waals surface area contributed by atoms with Crippen LogP contribution in [0.5, 0.6) is 5.75 Å². The minimum absolute atomic E-state index is 0.403. The number of benzene rings is 1. The molecule has 0 spiro atoms. The molecule has 1 rings (SSSR count). The number of hydrogen-bond donors (Lipinski definition) is 2. The third-order valence-electron chi connectivity index (χ3n) is 3.91. The van der Waals surface area contributed by atoms with E-state index in [9.17, 15) is 0 Å². The Morgan fingerprint density at radius 2 is 1.75 bits per heavy atom. The first kappa shape index (κ1) is 17.0. The molecular weight excluding hydrogens is 248 g/mol. The van der Waals surface area contributed by atoms with E-state index in [2.05, 4.69) is 39.8 Å². The van der Waals surface area contributed by atoms with Crippen molar-refractivity contribution in [3.05, 3.63) is 28.8 Å². The minimum Gasteiger partial charge on any atom is -0.493 e. The van der Waals surface area contributed by atoms with Gasteiger partial charge in [-0.2, -0.15) is 0 Å². The maximum Gasteiger partial charge on any atom is 0.122 e. The number of nitrogens with two attached hydrogens (primary N) is 2. The fraction of sp³-hybridized carbons (Fsp3) is 0.647. The molecule has 0 aromatic heterocycles. The molecule has 0 aliphatic rings. The summed E-state index contributed by atoms with van der Waals surface area (Å²) < 4.78 is 5.78. The van der Waals surface area contributed by atoms with Crippen molar-refractivity contribution in [2.75, 3.05) is 19.7 Å². The lowest BCUT2D eigenvalue weighted by molar-refractivity contribution is 0.315. The summed E-state index contributed by atoms with van der Waals surface area (Å²) in [5.74, 6) is 1.89. The second-order valence-electron chi connectivity index (χ2n) is 5.80. The van der Waals surface area contributed by atoms with Gasteiger partial charge in [0.05, 0.1) is 6.61 Å². The summed E-state index contributed by atoms with van der Waals surface area (Å²) in [5.41, 5.74) is 15.4. The molecule has 0 saturated carbocycles. The lowest BCUT2D eigenvalue weighted by Gasteiger charge is -2.21. The Bertz CT molecular complexity index is 414. The molecule has 0 fully saturated rings. The maximum atomic E-state index is 5.78. The molecule has 0 saturated heterocycles. The van der Waals surface area contributed by atoms with E-state index in [-0.39, 0.29) is 0 Å². The molecule has 0 aliphatic heterocycles. The van der Waals surface area contributed by atoms with Crippen molar-refractivity contribution >= 4 is 0 Å². The van der Waals surface area contributed by atoms with Gasteiger partial charge in [0.25, 0.3) is 0 Å². The van der Waals surface area contributed by atoms with Crippen LogP contribution in [0.2, 0.25) is 0 Å². The number of hydrogen-bond acceptors (Lipinski definition) is 3. The monoisotopic (exact) mass is 278 g/mol. The third kappa shape index (κ3) is 4.50. The Balaban J connectivity index is 2.87. The van der Waals surface area contributed by atoms with Gasteiger partial charge in [-0.1, -0.05) is 19.9 Å². The number of rotatable bonds is 8. The van der Waals surface area contributed by atoms with Crippen LogP contribution in [-0.2, 0) is 0 Å². The molecule has 20 heavy (non-hydrogen) atoms. The van der Waals surface area contributed by atoms with Crippen molar-refractivity contribution in [1.29, 1.82) is 0 Å². The van der Waals surface area contributed by atoms with Gasteiger partial charge >= 0.3 is 0 Å². The second kappa shape index (κ2) is 8.28. The Hall–Kier alpha value is -1.06. The molecule has 0 bridgehead atoms. The molecule has 1 aromatic carbocycles. The molecule has 1 atom stereocenters. The highest BCUT2D eigenvalue weighted by Gasteiger charge is 2.15. The number of ether oxygens (including phenoxy) is 1. The van der Waals surface area contributed by atoms with Gasteiger partial charge in [-0.3, -0.25) is 0 Å². The van der Waals surface area contributed by atoms with E-state index in [1.807, 2.05) is 0 Å². The van der Waals surface area contributed by atoms with Gasteiger partial charge in [0.2, 0.25) is 0 Å². The molecule has 0 heterocycles. The van der Waals surface area contributed by atoms with Crippen LogP contribution in [0.4, 0.5) is 0 Å². The Morgan fingerprint density at radius 1 is 1.10 bits per heavy atom. The van der Waals surface area contributed by atoms with Crippen molar-refractivity contribution in [3.8, 4) is 5.75 Å². The Kier molecular flexibility index (Phi) is 7.03. The molecule has 3 heteroatoms. The topological polar surface area (TPSA) is 61.3 Å². The summed E-state index contributed by atoms with van der Waals surface area (Å²) >= 11 is 0. The van der Waals surface area contributed by atoms with E-state index < -0.39 is 0 Å². The molecule has 1 unspecified atom stereocenters. The molecular formula is C17H30N2O. The average Bonchev–Trinajstić information content (AvgIpc) is 2.44. The lowest BCUT2D eigenvalue weighted by atomic mass is 9.87. The summed E-state index contributed by atoms with van der Waals surface area (Å²) in [5, 5.41) is 0. The highest BCUT2D eigenvalue weighted by molar-refractivity contribution is 5.43. The summed E-state index contributed by atoms with van der Waals surface area (Å²) in [4.78, 5) is 0. The quantitative estimate of drug-likeness (QED) is 0.768. The van der Waals surface area contributed by atoms with Gasteiger partial charge < -0.3 is 16.2 Å². The molecule has 3 nitrogen and oxygen atoms in total. The zero-order chi connectivity index (χ0) is 15.1. The van der Waals surface area contributed by atoms with E-state index in [1.54, 1.807) is 0 Å². The second-order valence-corrected chi connectivity index (χ2v) is 5.80. The number of aryl methyl sites for hydroxylation is 2. The van der Waals surface area contributed by atoms with E-state index in [4.69, 9.17) is 16.2 Å². The van der Waals surface area contributed by atoms with Crippen molar-refractivity contribution in [2.45, 2.75) is 46.5 Å². The summed E-state index contributed by atoms with van der Waals surface area (Å²) in [6, 6.07) is 4.42. The van der Waals surface area contributed by atoms with Crippen molar-refractivity contribution < 1.29 is 4.74 Å². The molecule has 0 amide bonds. The highest BCUT2D eigenvalue weighted by Crippen LogP contribution is 2.31. The first-order valence-corrected chi connectivity index (χ1v) is 7.67. The highest BCUT2D eigenvalue weighted by atomic mass is 16.5. The first-order valence-electron chi connectivity index (χ1n) is 7.67. The van der Waals surface area contributed by atoms with Gasteiger partial charge in [-0.15, -0.1) is 0 Å². The van der Waals surface area contributed by atoms with Gasteiger partial charge in [-0.25, -0.2) is 0 Å². The SMILES string of the molecule is CCCOc1cc(C)c(C(C)CC(CN)CN)cc1C. The maximum absolute atomic E-state index is 5.78. The Morgan fingerprint density at radius 3 is 2.30 bits per heavy atom. The zero-order valence-electron chi connectivity index (χ0n) is 13.4. The van der Waals surface area contributed by atoms with Crippen LogP contribution >= 0.6 is 0 Å². The largest absolute Gasteiger partial charge is 0.493 e. The summed E-state index contributed by atoms with van der Waals surface area (Å²) in [6.07, 6.45) is 2.08. The molecule has 1 aromatic rings. The van der Waals surface area contributed by atoms with Crippen LogP contribution in [0.25, 0.3) is 0 Å². The zero-order valence-corrected chi connectivity index (χ0v) is 13.4. The third-order valence-corrected chi connectivity index (χ3v) is 3.91. The Labute approximate surface area is 123 Å². The van der Waals surface area contributed by atoms with Crippen LogP contribution in [0.15, 0.2) is 12.1 Å². The lowest BCUT2D eigenvalue weighted by Crippen LogP contribution is -2.24. The normalized spacial score (nSPS) is 12.8. The standard InChI is InChI=1S/C17H30N2O/c1-5-6-20-17-9-13(3)16(8-14(17)4)12(2)7-15(10-18)11-19/h8-9,12,15H,5-7,10-11,18-19H2,1-4H3. The summed E-state index contributed by atoms with van der Waals surface area (Å²) in [6.45, 7) is 10.8. The van der Waals surface area contributed by atoms with E-state index >= 15 is 0 Å². The molecule has 0 radical (unpaired) electrons. The average molecular weight is 278 g/mol. The van der Waals surface area contributed by atoms with E-state index in [0.717, 1.165) is 25.2 Å². The molecule has 114 valence electrons. The fourth-order valence-electron chi connectivity index (χ4n) is 2.63. The van der Waals surface area contributed by atoms with Crippen LogP contribution < -0.4 is 16.2 Å². The van der Waals surface area contributed by atoms with Crippen LogP contribution in [-0.4, -0.2) is 19.7 Å². The van der Waals surface area contributed by atoms with Crippen LogP contribution in [0.3, 0.4) is 0 Å². The molecule has 4 N–H and O–H groups in total.